The summed E-state index contributed by atoms with van der Waals surface area (Å²) in [7, 11) is 1.90. The number of aromatic amines is 22. The number of piperidine rings is 2. The molecule has 2 aliphatic carbocycles. The summed E-state index contributed by atoms with van der Waals surface area (Å²) in [5.41, 5.74) is 5.46. The number of aromatic nitrogens is 26. The van der Waals surface area contributed by atoms with E-state index in [4.69, 9.17) is 127 Å². The molecule has 0 spiro atoms. The smallest absolute Gasteiger partial charge is 0.273 e. The largest absolute Gasteiger partial charge is 0.494 e. The number of hydrogen-bond donors (Lipinski definition) is 30. The molecule has 4 fully saturated rings. The van der Waals surface area contributed by atoms with Crippen LogP contribution in [-0.2, 0) is 13.6 Å². The summed E-state index contributed by atoms with van der Waals surface area (Å²) in [6, 6.07) is 22.9. The highest BCUT2D eigenvalue weighted by Crippen LogP contribution is 2.33. The molecule has 0 amide bonds. The number of nitrogens with zero attached hydrogens (tertiary/aromatic N) is 6. The zero-order chi connectivity index (χ0) is 98.6. The zero-order valence-electron chi connectivity index (χ0n) is 70.5. The summed E-state index contributed by atoms with van der Waals surface area (Å²) in [5, 5.41) is 37.6. The van der Waals surface area contributed by atoms with Crippen LogP contribution < -0.4 is 54.4 Å². The number of aliphatic imine (C=N–C) groups is 2. The van der Waals surface area contributed by atoms with Crippen LogP contribution in [0.2, 0.25) is 0 Å². The van der Waals surface area contributed by atoms with E-state index in [-0.39, 0.29) is 37.7 Å². The summed E-state index contributed by atoms with van der Waals surface area (Å²) >= 11 is 94.6. The van der Waals surface area contributed by atoms with Crippen LogP contribution in [-0.4, -0.2) is 198 Å². The summed E-state index contributed by atoms with van der Waals surface area (Å²) in [4.78, 5) is 122. The van der Waals surface area contributed by atoms with E-state index in [0.717, 1.165) is 107 Å². The van der Waals surface area contributed by atoms with Crippen LogP contribution in [0, 0.1) is 93.0 Å². The predicted octanol–water partition coefficient (Wildman–Crippen LogP) is 15.6. The lowest BCUT2D eigenvalue weighted by atomic mass is 10.0. The minimum atomic E-state index is -0.406. The number of thiocarbonyl (C=S) groups is 5. The first kappa shape index (κ1) is 114. The van der Waals surface area contributed by atoms with Gasteiger partial charge < -0.3 is 106 Å². The molecule has 60 heteroatoms. The maximum Gasteiger partial charge on any atom is 0.273 e. The number of nitrogens with one attached hydrogen (secondary N) is 27. The van der Waals surface area contributed by atoms with Crippen LogP contribution in [0.1, 0.15) is 73.2 Å². The summed E-state index contributed by atoms with van der Waals surface area (Å²) < 4.78 is 8.19. The molecule has 712 valence electrons. The Labute approximate surface area is 868 Å². The van der Waals surface area contributed by atoms with Gasteiger partial charge >= 0.3 is 0 Å². The number of aromatic hydroxyl groups is 1. The molecule has 4 bridgehead atoms. The minimum absolute atomic E-state index is 0.125. The Hall–Kier alpha value is -10.2. The molecule has 5 aliphatic heterocycles. The van der Waals surface area contributed by atoms with Gasteiger partial charge in [0.2, 0.25) is 0 Å². The van der Waals surface area contributed by atoms with Gasteiger partial charge in [0.15, 0.2) is 71.4 Å². The van der Waals surface area contributed by atoms with Gasteiger partial charge in [-0.1, -0.05) is 96.6 Å². The van der Waals surface area contributed by atoms with Crippen LogP contribution in [0.15, 0.2) is 173 Å². The molecule has 134 heavy (non-hydrogen) atoms. The first-order valence-electron chi connectivity index (χ1n) is 38.5. The summed E-state index contributed by atoms with van der Waals surface area (Å²) in [6.45, 7) is 7.54. The van der Waals surface area contributed by atoms with Gasteiger partial charge in [0.1, 0.15) is 15.7 Å². The Morgan fingerprint density at radius 1 is 0.493 bits per heavy atom. The molecular weight excluding hydrogens is 2120 g/mol. The van der Waals surface area contributed by atoms with E-state index in [1.807, 2.05) is 60.4 Å². The SMILES string of the molecule is Cc1cc(=O)[nH]c(=S)[nH]1.Cc1cc(=O)[nH]c(=S)[nH]1.Cc1n[nH]c(=S)[nH]c1=O.Cn1cc[nH]c1=S.O=c1cc(O)[nH]c(=S)[nH]1.O=c1cc[nH]c(=S)[nH]1.S=C1CC2CCC(C2)N1.S=C1CN=CN1.S=C1N=CCN1.S=C1NC2CCC1C2.S=C1NCc2ccccc21.S=c1[nH][nH]c(=S)s1.S=c1[nH]c(=S)[nH]c(=S)[nH]1.S=c1[nH]c2ccccc2[nH]1.S=c1[nH]cc[nH]1.Sc1cnc[nH]1.Sc1cnc[nH]1. The number of H-pyrrole nitrogens is 22. The Bertz CT molecular complexity index is 6820. The van der Waals surface area contributed by atoms with Crippen LogP contribution in [0.5, 0.6) is 5.88 Å². The van der Waals surface area contributed by atoms with E-state index in [1.54, 1.807) is 70.8 Å². The standard InChI is InChI=1S/C8H7NS.C7H6N2S.C7H11NS.C6H9NS.2C5H6N2OS.C4H5N3OS.C4H4N2O2S.C4H4N2OS.C4H6N2S.C3H3N3S3.5C3H4N2S.C2H2N2S3/c10-8-7-4-2-1-3-6(7)5-9-8;10-7-8-5-3-1-2-4-6(5)9-7;9-7-4-5-1-2-6(3-5)8-7;8-6-4-1-2-5(3-4)7-6;2*1-3-2-4(8)7-5(9)6-3;1-2-3(8)5-4(9)7-6-2;7-2-1-3(8)6-4(9)5-2;7-3-1-2-5-4(8)6-3;1-6-3-2-5-4(6)7;7-1-4-2(8)6-3(9)5-1;3*6-3-1-4-2-5-3;2*6-3-4-1-2-5-3;5-1-3-4-2(6)7-1/h1-4H,5H2,(H,9,10);1-4H,(H2,8,9,10);5-6H,1-4H2,(H,8,9);4-5H,1-3H2,(H,7,8);2*2H,1H3,(H2,6,7,8,9);1H3,(H2,5,7,8,9);1H,(H3,5,6,7,8,9);1-2H,(H2,5,6,7,8);2-3H,1H3,(H,5,7);(H3,4,5,6,7,8,9);2H,1H2,(H,4,5,6);2*1-2,6H,(H,4,5);1H,2H2,(H,5,6);1-2H,(H2,4,5,6);(H,3,5)(H,4,6). The number of imidazole rings is 5. The van der Waals surface area contributed by atoms with E-state index in [1.165, 1.54) is 85.4 Å². The highest BCUT2D eigenvalue weighted by Gasteiger charge is 2.35. The number of rotatable bonds is 0. The fourth-order valence-corrected chi connectivity index (χ4v) is 15.6. The van der Waals surface area contributed by atoms with Crippen LogP contribution in [0.3, 0.4) is 0 Å². The molecule has 0 radical (unpaired) electrons. The van der Waals surface area contributed by atoms with Crippen molar-refractivity contribution in [2.24, 2.45) is 28.9 Å². The monoisotopic (exact) mass is 2210 g/mol. The van der Waals surface area contributed by atoms with Gasteiger partial charge in [-0.2, -0.15) is 5.10 Å². The first-order chi connectivity index (χ1) is 63.7. The Balaban J connectivity index is 0.000000252. The van der Waals surface area contributed by atoms with Gasteiger partial charge in [0.25, 0.3) is 27.8 Å². The highest BCUT2D eigenvalue weighted by atomic mass is 32.2. The van der Waals surface area contributed by atoms with Crippen molar-refractivity contribution in [3.63, 3.8) is 0 Å². The number of thiol groups is 2. The lowest BCUT2D eigenvalue weighted by molar-refractivity contribution is 0.450. The molecule has 17 heterocycles. The molecule has 21 rings (SSSR count). The van der Waals surface area contributed by atoms with Crippen molar-refractivity contribution in [1.82, 2.24) is 156 Å². The lowest BCUT2D eigenvalue weighted by Crippen LogP contribution is -2.35. The van der Waals surface area contributed by atoms with Crippen molar-refractivity contribution in [3.05, 3.63) is 269 Å². The van der Waals surface area contributed by atoms with E-state index >= 15 is 0 Å². The van der Waals surface area contributed by atoms with Gasteiger partial charge in [0, 0.05) is 110 Å². The Kier molecular flexibility index (Phi) is 53.9. The molecule has 12 aromatic heterocycles. The third-order valence-electron chi connectivity index (χ3n) is 16.3. The average molecular weight is 2210 g/mol. The highest BCUT2D eigenvalue weighted by molar-refractivity contribution is 7.81. The molecular formula is C74H89N33O6S21. The lowest BCUT2D eigenvalue weighted by Gasteiger charge is -2.21. The zero-order valence-corrected chi connectivity index (χ0v) is 87.8. The van der Waals surface area contributed by atoms with E-state index in [0.29, 0.717) is 63.4 Å². The van der Waals surface area contributed by atoms with Crippen LogP contribution in [0.25, 0.3) is 11.0 Å². The number of para-hydroxylation sites is 2. The maximum absolute atomic E-state index is 10.6. The van der Waals surface area contributed by atoms with Crippen LogP contribution >= 0.6 is 257 Å². The molecule has 7 aliphatic rings. The fraction of sp³-hybridized carbons (Fsp3) is 0.243. The van der Waals surface area contributed by atoms with Crippen molar-refractivity contribution in [1.29, 1.82) is 0 Å². The minimum Gasteiger partial charge on any atom is -0.494 e. The average Bonchev–Trinajstić information content (AvgIpc) is 1.71. The Morgan fingerprint density at radius 3 is 1.34 bits per heavy atom. The van der Waals surface area contributed by atoms with Crippen molar-refractivity contribution in [3.8, 4) is 5.88 Å². The maximum atomic E-state index is 10.6. The number of hydrogen-bond acceptors (Lipinski definition) is 31. The third kappa shape index (κ3) is 50.4. The molecule has 2 saturated heterocycles. The molecule has 28 N–H and O–H groups in total. The van der Waals surface area contributed by atoms with E-state index in [2.05, 4.69) is 297 Å². The second-order valence-corrected chi connectivity index (χ2v) is 36.8. The van der Waals surface area contributed by atoms with E-state index < -0.39 is 5.56 Å². The fourth-order valence-electron chi connectivity index (χ4n) is 10.6. The second-order valence-electron chi connectivity index (χ2n) is 26.8. The number of fused-ring (bicyclic) bond motifs is 6. The van der Waals surface area contributed by atoms with Crippen molar-refractivity contribution in [2.75, 3.05) is 13.1 Å². The molecule has 14 aromatic rings. The van der Waals surface area contributed by atoms with Gasteiger partial charge in [-0.05, 0) is 254 Å². The van der Waals surface area contributed by atoms with Gasteiger partial charge in [-0.3, -0.25) is 69.2 Å². The predicted molar refractivity (Wildman–Crippen MR) is 585 cm³/mol. The first-order valence-corrected chi connectivity index (χ1v) is 47.5. The quantitative estimate of drug-likeness (QED) is 0.0495. The van der Waals surface area contributed by atoms with Gasteiger partial charge in [-0.15, -0.1) is 25.3 Å². The summed E-state index contributed by atoms with van der Waals surface area (Å²) in [5.74, 6) is 1.47. The third-order valence-corrected chi connectivity index (χ3v) is 22.1. The number of aryl methyl sites for hydroxylation is 4. The molecule has 4 unspecified atom stereocenters. The molecule has 2 saturated carbocycles. The van der Waals surface area contributed by atoms with Crippen LogP contribution in [0.4, 0.5) is 0 Å². The van der Waals surface area contributed by atoms with Crippen molar-refractivity contribution >= 4 is 305 Å². The summed E-state index contributed by atoms with van der Waals surface area (Å²) in [6.07, 6.45) is 27.8. The van der Waals surface area contributed by atoms with Gasteiger partial charge in [0.05, 0.1) is 81.6 Å². The van der Waals surface area contributed by atoms with E-state index in [9.17, 15) is 24.0 Å². The molecule has 4 atom stereocenters. The molecule has 39 nitrogen and oxygen atoms in total. The Morgan fingerprint density at radius 2 is 1.01 bits per heavy atom. The topological polar surface area (TPSA) is 581 Å². The van der Waals surface area contributed by atoms with Crippen molar-refractivity contribution in [2.45, 2.75) is 94.4 Å². The second kappa shape index (κ2) is 63.2. The van der Waals surface area contributed by atoms with Gasteiger partial charge in [-0.25, -0.2) is 15.0 Å². The van der Waals surface area contributed by atoms with Crippen molar-refractivity contribution < 1.29 is 5.11 Å². The molecule has 2 aromatic carbocycles. The number of benzene rings is 2. The normalized spacial score (nSPS) is 14.6.